The van der Waals surface area contributed by atoms with Crippen molar-refractivity contribution in [3.05, 3.63) is 51.2 Å². The van der Waals surface area contributed by atoms with Crippen molar-refractivity contribution in [1.82, 2.24) is 4.98 Å². The minimum absolute atomic E-state index is 0.0340. The summed E-state index contributed by atoms with van der Waals surface area (Å²) in [5.41, 5.74) is 2.14. The van der Waals surface area contributed by atoms with E-state index in [-0.39, 0.29) is 12.5 Å². The molecule has 0 bridgehead atoms. The highest BCUT2D eigenvalue weighted by molar-refractivity contribution is 14.1. The Morgan fingerprint density at radius 1 is 1.23 bits per heavy atom. The molecular formula is C17H19IN2O2. The zero-order chi connectivity index (χ0) is 16.1. The van der Waals surface area contributed by atoms with Crippen molar-refractivity contribution in [2.45, 2.75) is 26.7 Å². The van der Waals surface area contributed by atoms with Gasteiger partial charge in [-0.2, -0.15) is 0 Å². The molecule has 0 saturated heterocycles. The summed E-state index contributed by atoms with van der Waals surface area (Å²) < 4.78 is 6.55. The molecule has 1 aromatic heterocycles. The van der Waals surface area contributed by atoms with Crippen molar-refractivity contribution >= 4 is 34.3 Å². The molecule has 22 heavy (non-hydrogen) atoms. The van der Waals surface area contributed by atoms with Gasteiger partial charge in [0.2, 0.25) is 0 Å². The fourth-order valence-electron chi connectivity index (χ4n) is 1.89. The van der Waals surface area contributed by atoms with Crippen LogP contribution in [0.3, 0.4) is 0 Å². The fraction of sp³-hybridized carbons (Fsp3) is 0.294. The quantitative estimate of drug-likeness (QED) is 0.755. The SMILES string of the molecule is Cc1nc(NC(=O)COc2ccc(C(C)C)cc2)ccc1I. The molecule has 5 heteroatoms. The summed E-state index contributed by atoms with van der Waals surface area (Å²) in [5.74, 6) is 1.49. The maximum absolute atomic E-state index is 11.9. The van der Waals surface area contributed by atoms with Crippen LogP contribution in [0.15, 0.2) is 36.4 Å². The number of nitrogens with one attached hydrogen (secondary N) is 1. The number of halogens is 1. The first-order chi connectivity index (χ1) is 10.5. The van der Waals surface area contributed by atoms with Crippen molar-refractivity contribution in [3.8, 4) is 5.75 Å². The number of hydrogen-bond donors (Lipinski definition) is 1. The third-order valence-electron chi connectivity index (χ3n) is 3.21. The van der Waals surface area contributed by atoms with E-state index in [9.17, 15) is 4.79 Å². The first-order valence-corrected chi connectivity index (χ1v) is 8.19. The summed E-state index contributed by atoms with van der Waals surface area (Å²) in [6.45, 7) is 6.15. The molecule has 2 aromatic rings. The normalized spacial score (nSPS) is 10.6. The van der Waals surface area contributed by atoms with E-state index in [1.807, 2.05) is 37.3 Å². The first-order valence-electron chi connectivity index (χ1n) is 7.11. The number of aryl methyl sites for hydroxylation is 1. The van der Waals surface area contributed by atoms with Gasteiger partial charge in [0, 0.05) is 3.57 Å². The van der Waals surface area contributed by atoms with E-state index in [0.717, 1.165) is 9.26 Å². The Kier molecular flexibility index (Phi) is 5.76. The van der Waals surface area contributed by atoms with Gasteiger partial charge in [0.1, 0.15) is 11.6 Å². The molecule has 0 aliphatic heterocycles. The Balaban J connectivity index is 1.88. The van der Waals surface area contributed by atoms with Gasteiger partial charge < -0.3 is 10.1 Å². The van der Waals surface area contributed by atoms with Gasteiger partial charge in [-0.25, -0.2) is 4.98 Å². The summed E-state index contributed by atoms with van der Waals surface area (Å²) in [6, 6.07) is 11.5. The molecule has 0 aliphatic rings. The maximum atomic E-state index is 11.9. The maximum Gasteiger partial charge on any atom is 0.263 e. The number of hydrogen-bond acceptors (Lipinski definition) is 3. The summed E-state index contributed by atoms with van der Waals surface area (Å²) in [4.78, 5) is 16.2. The van der Waals surface area contributed by atoms with Gasteiger partial charge in [-0.15, -0.1) is 0 Å². The molecule has 1 amide bonds. The van der Waals surface area contributed by atoms with Crippen molar-refractivity contribution in [3.63, 3.8) is 0 Å². The van der Waals surface area contributed by atoms with Crippen molar-refractivity contribution in [2.75, 3.05) is 11.9 Å². The fourth-order valence-corrected chi connectivity index (χ4v) is 2.19. The van der Waals surface area contributed by atoms with Crippen molar-refractivity contribution in [1.29, 1.82) is 0 Å². The second kappa shape index (κ2) is 7.58. The third-order valence-corrected chi connectivity index (χ3v) is 4.35. The third kappa shape index (κ3) is 4.69. The summed E-state index contributed by atoms with van der Waals surface area (Å²) in [7, 11) is 0. The molecule has 0 radical (unpaired) electrons. The second-order valence-corrected chi connectivity index (χ2v) is 6.49. The average molecular weight is 410 g/mol. The summed E-state index contributed by atoms with van der Waals surface area (Å²) in [6.07, 6.45) is 0. The van der Waals surface area contributed by atoms with Gasteiger partial charge in [-0.3, -0.25) is 4.79 Å². The number of carbonyl (C=O) groups excluding carboxylic acids is 1. The van der Waals surface area contributed by atoms with Crippen LogP contribution in [0.4, 0.5) is 5.82 Å². The van der Waals surface area contributed by atoms with Crippen LogP contribution >= 0.6 is 22.6 Å². The molecule has 0 atom stereocenters. The number of rotatable bonds is 5. The van der Waals surface area contributed by atoms with Gasteiger partial charge in [0.05, 0.1) is 5.69 Å². The molecule has 1 N–H and O–H groups in total. The predicted octanol–water partition coefficient (Wildman–Crippen LogP) is 4.14. The zero-order valence-corrected chi connectivity index (χ0v) is 15.0. The minimum atomic E-state index is -0.221. The van der Waals surface area contributed by atoms with Gasteiger partial charge in [0.25, 0.3) is 5.91 Å². The number of nitrogens with zero attached hydrogens (tertiary/aromatic N) is 1. The lowest BCUT2D eigenvalue weighted by Gasteiger charge is -2.09. The molecule has 116 valence electrons. The Morgan fingerprint density at radius 2 is 1.91 bits per heavy atom. The highest BCUT2D eigenvalue weighted by Crippen LogP contribution is 2.18. The number of anilines is 1. The topological polar surface area (TPSA) is 51.2 Å². The van der Waals surface area contributed by atoms with Crippen LogP contribution in [0.25, 0.3) is 0 Å². The van der Waals surface area contributed by atoms with E-state index in [4.69, 9.17) is 4.74 Å². The molecule has 4 nitrogen and oxygen atoms in total. The number of benzene rings is 1. The molecule has 1 heterocycles. The second-order valence-electron chi connectivity index (χ2n) is 5.32. The highest BCUT2D eigenvalue weighted by Gasteiger charge is 2.06. The zero-order valence-electron chi connectivity index (χ0n) is 12.9. The van der Waals surface area contributed by atoms with E-state index in [1.54, 1.807) is 6.07 Å². The lowest BCUT2D eigenvalue weighted by Crippen LogP contribution is -2.21. The van der Waals surface area contributed by atoms with Crippen molar-refractivity contribution < 1.29 is 9.53 Å². The van der Waals surface area contributed by atoms with E-state index in [0.29, 0.717) is 17.5 Å². The number of carbonyl (C=O) groups is 1. The van der Waals surface area contributed by atoms with Crippen LogP contribution in [-0.2, 0) is 4.79 Å². The van der Waals surface area contributed by atoms with Crippen LogP contribution in [0.1, 0.15) is 31.0 Å². The minimum Gasteiger partial charge on any atom is -0.484 e. The lowest BCUT2D eigenvalue weighted by atomic mass is 10.0. The Morgan fingerprint density at radius 3 is 2.50 bits per heavy atom. The summed E-state index contributed by atoms with van der Waals surface area (Å²) >= 11 is 2.21. The van der Waals surface area contributed by atoms with Gasteiger partial charge in [0.15, 0.2) is 6.61 Å². The van der Waals surface area contributed by atoms with Gasteiger partial charge in [-0.05, 0) is 65.3 Å². The molecule has 1 aromatic carbocycles. The predicted molar refractivity (Wildman–Crippen MR) is 96.3 cm³/mol. The van der Waals surface area contributed by atoms with Gasteiger partial charge >= 0.3 is 0 Å². The van der Waals surface area contributed by atoms with E-state index in [2.05, 4.69) is 46.7 Å². The molecular weight excluding hydrogens is 391 g/mol. The number of pyridine rings is 1. The Labute approximate surface area is 144 Å². The molecule has 0 saturated carbocycles. The highest BCUT2D eigenvalue weighted by atomic mass is 127. The number of amides is 1. The molecule has 0 aliphatic carbocycles. The Hall–Kier alpha value is -1.63. The van der Waals surface area contributed by atoms with E-state index < -0.39 is 0 Å². The molecule has 2 rings (SSSR count). The van der Waals surface area contributed by atoms with Crippen LogP contribution in [-0.4, -0.2) is 17.5 Å². The first kappa shape index (κ1) is 16.7. The number of ether oxygens (including phenoxy) is 1. The molecule has 0 fully saturated rings. The monoisotopic (exact) mass is 410 g/mol. The van der Waals surface area contributed by atoms with Crippen LogP contribution in [0.5, 0.6) is 5.75 Å². The largest absolute Gasteiger partial charge is 0.484 e. The van der Waals surface area contributed by atoms with Crippen LogP contribution < -0.4 is 10.1 Å². The average Bonchev–Trinajstić information content (AvgIpc) is 2.49. The number of aromatic nitrogens is 1. The van der Waals surface area contributed by atoms with E-state index in [1.165, 1.54) is 5.56 Å². The molecule has 0 unspecified atom stereocenters. The Bertz CT molecular complexity index is 654. The van der Waals surface area contributed by atoms with Gasteiger partial charge in [-0.1, -0.05) is 26.0 Å². The van der Waals surface area contributed by atoms with Crippen LogP contribution in [0, 0.1) is 10.5 Å². The molecule has 0 spiro atoms. The standard InChI is InChI=1S/C17H19IN2O2/c1-11(2)13-4-6-14(7-5-13)22-10-17(21)20-16-9-8-15(18)12(3)19-16/h4-9,11H,10H2,1-3H3,(H,19,20,21). The van der Waals surface area contributed by atoms with E-state index >= 15 is 0 Å². The summed E-state index contributed by atoms with van der Waals surface area (Å²) in [5, 5.41) is 2.73. The lowest BCUT2D eigenvalue weighted by molar-refractivity contribution is -0.118. The van der Waals surface area contributed by atoms with Crippen molar-refractivity contribution in [2.24, 2.45) is 0 Å². The smallest absolute Gasteiger partial charge is 0.263 e. The van der Waals surface area contributed by atoms with Crippen LogP contribution in [0.2, 0.25) is 0 Å².